The summed E-state index contributed by atoms with van der Waals surface area (Å²) in [6.45, 7) is 1.70. The topological polar surface area (TPSA) is 35.0 Å². The van der Waals surface area contributed by atoms with Gasteiger partial charge in [0.05, 0.1) is 5.56 Å². The molecule has 7 heteroatoms. The van der Waals surface area contributed by atoms with Gasteiger partial charge in [0.15, 0.2) is 0 Å². The first-order valence-corrected chi connectivity index (χ1v) is 6.00. The lowest BCUT2D eigenvalue weighted by molar-refractivity contribution is -0.138. The molecule has 0 fully saturated rings. The van der Waals surface area contributed by atoms with Crippen LogP contribution in [0, 0.1) is 6.92 Å². The molecular weight excluding hydrogens is 325 g/mol. The summed E-state index contributed by atoms with van der Waals surface area (Å²) in [5, 5.41) is 0. The number of aromatic nitrogens is 2. The van der Waals surface area contributed by atoms with Crippen molar-refractivity contribution in [2.45, 2.75) is 13.1 Å². The maximum absolute atomic E-state index is 12.9. The summed E-state index contributed by atoms with van der Waals surface area (Å²) in [7, 11) is 0. The van der Waals surface area contributed by atoms with Crippen LogP contribution in [0.15, 0.2) is 34.9 Å². The lowest BCUT2D eigenvalue weighted by Crippen LogP contribution is -2.07. The van der Waals surface area contributed by atoms with Crippen LogP contribution in [0.1, 0.15) is 11.3 Å². The maximum Gasteiger partial charge on any atom is 0.420 e. The molecule has 0 radical (unpaired) electrons. The summed E-state index contributed by atoms with van der Waals surface area (Å²) in [5.74, 6) is -0.332. The smallest absolute Gasteiger partial charge is 0.420 e. The van der Waals surface area contributed by atoms with Crippen molar-refractivity contribution in [2.24, 2.45) is 0 Å². The summed E-state index contributed by atoms with van der Waals surface area (Å²) in [6, 6.07) is 5.14. The normalized spacial score (nSPS) is 11.4. The van der Waals surface area contributed by atoms with Crippen molar-refractivity contribution < 1.29 is 17.9 Å². The molecule has 1 aromatic carbocycles. The van der Waals surface area contributed by atoms with Gasteiger partial charge in [-0.1, -0.05) is 15.9 Å². The first kappa shape index (κ1) is 13.8. The summed E-state index contributed by atoms with van der Waals surface area (Å²) >= 11 is 3.00. The summed E-state index contributed by atoms with van der Waals surface area (Å²) in [6.07, 6.45) is -3.09. The predicted molar refractivity (Wildman–Crippen MR) is 66.0 cm³/mol. The van der Waals surface area contributed by atoms with Crippen molar-refractivity contribution in [1.82, 2.24) is 9.97 Å². The van der Waals surface area contributed by atoms with Crippen LogP contribution in [0.25, 0.3) is 0 Å². The third-order valence-corrected chi connectivity index (χ3v) is 2.71. The van der Waals surface area contributed by atoms with Crippen molar-refractivity contribution >= 4 is 15.9 Å². The van der Waals surface area contributed by atoms with Crippen LogP contribution in [0.3, 0.4) is 0 Å². The molecule has 0 aliphatic heterocycles. The fourth-order valence-electron chi connectivity index (χ4n) is 1.39. The summed E-state index contributed by atoms with van der Waals surface area (Å²) in [4.78, 5) is 7.67. The molecule has 1 heterocycles. The number of hydrogen-bond donors (Lipinski definition) is 0. The van der Waals surface area contributed by atoms with Gasteiger partial charge in [0.2, 0.25) is 0 Å². The van der Waals surface area contributed by atoms with Gasteiger partial charge < -0.3 is 4.74 Å². The molecule has 3 nitrogen and oxygen atoms in total. The zero-order valence-electron chi connectivity index (χ0n) is 9.70. The molecular formula is C12H8BrF3N2O. The predicted octanol–water partition coefficient (Wildman–Crippen LogP) is 4.36. The third kappa shape index (κ3) is 3.44. The molecule has 0 saturated heterocycles. The highest BCUT2D eigenvalue weighted by Crippen LogP contribution is 2.39. The largest absolute Gasteiger partial charge is 0.424 e. The van der Waals surface area contributed by atoms with Gasteiger partial charge in [-0.25, -0.2) is 9.97 Å². The average Bonchev–Trinajstić information content (AvgIpc) is 2.30. The molecule has 19 heavy (non-hydrogen) atoms. The van der Waals surface area contributed by atoms with Crippen molar-refractivity contribution in [3.8, 4) is 11.8 Å². The van der Waals surface area contributed by atoms with Gasteiger partial charge >= 0.3 is 12.2 Å². The minimum atomic E-state index is -4.51. The summed E-state index contributed by atoms with van der Waals surface area (Å²) < 4.78 is 44.0. The highest BCUT2D eigenvalue weighted by molar-refractivity contribution is 9.10. The molecule has 0 unspecified atom stereocenters. The molecule has 2 aromatic rings. The number of benzene rings is 1. The average molecular weight is 333 g/mol. The van der Waals surface area contributed by atoms with Crippen LogP contribution in [-0.4, -0.2) is 9.97 Å². The van der Waals surface area contributed by atoms with Crippen LogP contribution in [-0.2, 0) is 6.18 Å². The van der Waals surface area contributed by atoms with E-state index in [0.717, 1.165) is 6.07 Å². The van der Waals surface area contributed by atoms with Crippen molar-refractivity contribution in [3.05, 3.63) is 46.2 Å². The standard InChI is InChI=1S/C12H8BrF3N2O/c1-7-4-5-17-11(18-7)19-10-3-2-8(13)6-9(10)12(14,15)16/h2-6H,1H3. The molecule has 0 spiro atoms. The molecule has 0 aliphatic rings. The van der Waals surface area contributed by atoms with E-state index < -0.39 is 11.7 Å². The van der Waals surface area contributed by atoms with Gasteiger partial charge in [-0.15, -0.1) is 0 Å². The Balaban J connectivity index is 2.40. The Hall–Kier alpha value is -1.63. The Morgan fingerprint density at radius 3 is 2.58 bits per heavy atom. The second-order valence-electron chi connectivity index (χ2n) is 3.72. The SMILES string of the molecule is Cc1ccnc(Oc2ccc(Br)cc2C(F)(F)F)n1. The van der Waals surface area contributed by atoms with Crippen LogP contribution < -0.4 is 4.74 Å². The van der Waals surface area contributed by atoms with Gasteiger partial charge in [0.1, 0.15) is 5.75 Å². The number of aryl methyl sites for hydroxylation is 1. The fraction of sp³-hybridized carbons (Fsp3) is 0.167. The lowest BCUT2D eigenvalue weighted by atomic mass is 10.2. The van der Waals surface area contributed by atoms with E-state index in [1.165, 1.54) is 18.3 Å². The molecule has 0 atom stereocenters. The van der Waals surface area contributed by atoms with E-state index >= 15 is 0 Å². The number of nitrogens with zero attached hydrogens (tertiary/aromatic N) is 2. The minimum absolute atomic E-state index is 0.118. The molecule has 0 bridgehead atoms. The number of alkyl halides is 3. The van der Waals surface area contributed by atoms with E-state index in [-0.39, 0.29) is 11.8 Å². The van der Waals surface area contributed by atoms with Gasteiger partial charge in [-0.3, -0.25) is 0 Å². The zero-order valence-corrected chi connectivity index (χ0v) is 11.3. The van der Waals surface area contributed by atoms with Gasteiger partial charge in [0.25, 0.3) is 0 Å². The number of ether oxygens (including phenoxy) is 1. The molecule has 0 amide bonds. The van der Waals surface area contributed by atoms with Crippen LogP contribution in [0.2, 0.25) is 0 Å². The quantitative estimate of drug-likeness (QED) is 0.819. The van der Waals surface area contributed by atoms with Gasteiger partial charge in [-0.05, 0) is 31.2 Å². The lowest BCUT2D eigenvalue weighted by Gasteiger charge is -2.13. The van der Waals surface area contributed by atoms with E-state index in [1.54, 1.807) is 13.0 Å². The molecule has 0 aliphatic carbocycles. The number of rotatable bonds is 2. The van der Waals surface area contributed by atoms with Crippen molar-refractivity contribution in [1.29, 1.82) is 0 Å². The van der Waals surface area contributed by atoms with Gasteiger partial charge in [0, 0.05) is 16.4 Å². The molecule has 0 saturated carbocycles. The van der Waals surface area contributed by atoms with E-state index in [9.17, 15) is 13.2 Å². The molecule has 100 valence electrons. The maximum atomic E-state index is 12.9. The van der Waals surface area contributed by atoms with Crippen LogP contribution >= 0.6 is 15.9 Å². The summed E-state index contributed by atoms with van der Waals surface area (Å²) in [5.41, 5.74) is -0.275. The third-order valence-electron chi connectivity index (χ3n) is 2.22. The monoisotopic (exact) mass is 332 g/mol. The Morgan fingerprint density at radius 1 is 1.21 bits per heavy atom. The number of halogens is 4. The first-order chi connectivity index (χ1) is 8.86. The van der Waals surface area contributed by atoms with E-state index in [4.69, 9.17) is 4.74 Å². The van der Waals surface area contributed by atoms with E-state index in [0.29, 0.717) is 10.2 Å². The van der Waals surface area contributed by atoms with Crippen molar-refractivity contribution in [2.75, 3.05) is 0 Å². The Bertz CT molecular complexity index is 602. The second-order valence-corrected chi connectivity index (χ2v) is 4.64. The molecule has 2 rings (SSSR count). The highest BCUT2D eigenvalue weighted by Gasteiger charge is 2.35. The van der Waals surface area contributed by atoms with Gasteiger partial charge in [-0.2, -0.15) is 13.2 Å². The zero-order chi connectivity index (χ0) is 14.0. The Kier molecular flexibility index (Phi) is 3.75. The highest BCUT2D eigenvalue weighted by atomic mass is 79.9. The minimum Gasteiger partial charge on any atom is -0.424 e. The second kappa shape index (κ2) is 5.16. The van der Waals surface area contributed by atoms with Crippen molar-refractivity contribution in [3.63, 3.8) is 0 Å². The fourth-order valence-corrected chi connectivity index (χ4v) is 1.75. The Morgan fingerprint density at radius 2 is 1.95 bits per heavy atom. The molecule has 0 N–H and O–H groups in total. The van der Waals surface area contributed by atoms with Crippen LogP contribution in [0.5, 0.6) is 11.8 Å². The van der Waals surface area contributed by atoms with E-state index in [1.807, 2.05) is 0 Å². The molecule has 1 aromatic heterocycles. The Labute approximate surface area is 115 Å². The number of hydrogen-bond acceptors (Lipinski definition) is 3. The first-order valence-electron chi connectivity index (χ1n) is 5.20. The van der Waals surface area contributed by atoms with E-state index in [2.05, 4.69) is 25.9 Å². The van der Waals surface area contributed by atoms with Crippen LogP contribution in [0.4, 0.5) is 13.2 Å².